The quantitative estimate of drug-likeness (QED) is 0.179. The third-order valence-electron chi connectivity index (χ3n) is 0.767. The summed E-state index contributed by atoms with van der Waals surface area (Å²) in [6.07, 6.45) is 1.41. The normalized spacial score (nSPS) is 9.83. The summed E-state index contributed by atoms with van der Waals surface area (Å²) in [4.78, 5) is 18.0. The number of hydroxylamine groups is 1. The third-order valence-corrected chi connectivity index (χ3v) is 0.767. The van der Waals surface area contributed by atoms with Crippen molar-refractivity contribution in [3.05, 3.63) is 12.2 Å². The molecule has 0 rings (SSSR count). The average molecular weight is 168 g/mol. The molecule has 0 radical (unpaired) electrons. The lowest BCUT2D eigenvalue weighted by molar-refractivity contribution is -0.143. The number of carbonyl (C=O) groups excluding carboxylic acids is 1. The molecular formula is C6H8N4O2. The molecule has 0 saturated carbocycles. The van der Waals surface area contributed by atoms with E-state index in [-0.39, 0.29) is 11.5 Å². The number of rotatable bonds is 1. The highest BCUT2D eigenvalue weighted by atomic mass is 16.7. The minimum atomic E-state index is -0.661. The molecule has 6 nitrogen and oxygen atoms in total. The lowest BCUT2D eigenvalue weighted by atomic mass is 10.4. The maximum atomic E-state index is 10.7. The van der Waals surface area contributed by atoms with Crippen molar-refractivity contribution in [1.82, 2.24) is 5.48 Å². The van der Waals surface area contributed by atoms with E-state index in [1.165, 1.54) is 13.1 Å². The molecule has 0 bridgehead atoms. The SMILES string of the molecule is C=C(C)C(=O)ONC(N)=NC#N. The largest absolute Gasteiger partial charge is 0.367 e. The van der Waals surface area contributed by atoms with Gasteiger partial charge in [-0.05, 0) is 6.92 Å². The number of guanidine groups is 1. The summed E-state index contributed by atoms with van der Waals surface area (Å²) >= 11 is 0. The highest BCUT2D eigenvalue weighted by molar-refractivity contribution is 5.88. The Kier molecular flexibility index (Phi) is 3.93. The summed E-state index contributed by atoms with van der Waals surface area (Å²) in [6.45, 7) is 4.79. The Labute approximate surface area is 69.3 Å². The summed E-state index contributed by atoms with van der Waals surface area (Å²) in [7, 11) is 0. The zero-order valence-electron chi connectivity index (χ0n) is 6.50. The zero-order chi connectivity index (χ0) is 9.56. The number of carbonyl (C=O) groups is 1. The number of nitrogens with two attached hydrogens (primary N) is 1. The van der Waals surface area contributed by atoms with Crippen molar-refractivity contribution in [2.75, 3.05) is 0 Å². The predicted molar refractivity (Wildman–Crippen MR) is 41.3 cm³/mol. The number of aliphatic imine (C=N–C) groups is 1. The Balaban J connectivity index is 3.86. The second kappa shape index (κ2) is 4.73. The van der Waals surface area contributed by atoms with Crippen LogP contribution in [0.4, 0.5) is 0 Å². The van der Waals surface area contributed by atoms with Gasteiger partial charge in [0.05, 0.1) is 0 Å². The first-order chi connectivity index (χ1) is 5.57. The number of hydrogen-bond acceptors (Lipinski definition) is 4. The van der Waals surface area contributed by atoms with Gasteiger partial charge in [-0.15, -0.1) is 4.99 Å². The molecule has 0 aromatic carbocycles. The number of nitriles is 1. The van der Waals surface area contributed by atoms with Crippen LogP contribution >= 0.6 is 0 Å². The molecule has 0 saturated heterocycles. The Morgan fingerprint density at radius 2 is 2.42 bits per heavy atom. The molecule has 0 atom stereocenters. The number of hydrogen-bond donors (Lipinski definition) is 2. The molecular weight excluding hydrogens is 160 g/mol. The van der Waals surface area contributed by atoms with E-state index in [0.717, 1.165) is 0 Å². The molecule has 0 spiro atoms. The topological polar surface area (TPSA) is 100 Å². The number of nitrogens with one attached hydrogen (secondary N) is 1. The van der Waals surface area contributed by atoms with E-state index in [4.69, 9.17) is 11.0 Å². The molecule has 0 aromatic rings. The van der Waals surface area contributed by atoms with Crippen molar-refractivity contribution in [3.63, 3.8) is 0 Å². The van der Waals surface area contributed by atoms with Crippen molar-refractivity contribution < 1.29 is 9.63 Å². The third kappa shape index (κ3) is 3.90. The predicted octanol–water partition coefficient (Wildman–Crippen LogP) is -0.594. The molecule has 0 heterocycles. The van der Waals surface area contributed by atoms with Crippen LogP contribution in [0.25, 0.3) is 0 Å². The van der Waals surface area contributed by atoms with E-state index in [9.17, 15) is 4.79 Å². The van der Waals surface area contributed by atoms with Crippen molar-refractivity contribution >= 4 is 11.9 Å². The van der Waals surface area contributed by atoms with Gasteiger partial charge in [-0.1, -0.05) is 6.58 Å². The summed E-state index contributed by atoms with van der Waals surface area (Å²) in [5.41, 5.74) is 7.22. The Bertz CT molecular complexity index is 263. The highest BCUT2D eigenvalue weighted by Gasteiger charge is 2.02. The summed E-state index contributed by atoms with van der Waals surface area (Å²) < 4.78 is 0. The zero-order valence-corrected chi connectivity index (χ0v) is 6.50. The van der Waals surface area contributed by atoms with Crippen LogP contribution in [0.3, 0.4) is 0 Å². The van der Waals surface area contributed by atoms with E-state index >= 15 is 0 Å². The molecule has 0 aromatic heterocycles. The molecule has 0 aliphatic heterocycles. The van der Waals surface area contributed by atoms with E-state index in [2.05, 4.69) is 16.4 Å². The molecule has 3 N–H and O–H groups in total. The molecule has 0 fully saturated rings. The van der Waals surface area contributed by atoms with Gasteiger partial charge < -0.3 is 10.6 Å². The van der Waals surface area contributed by atoms with Crippen LogP contribution in [0.1, 0.15) is 6.92 Å². The Morgan fingerprint density at radius 3 is 2.83 bits per heavy atom. The van der Waals surface area contributed by atoms with Crippen LogP contribution in [-0.4, -0.2) is 11.9 Å². The minimum absolute atomic E-state index is 0.215. The highest BCUT2D eigenvalue weighted by Crippen LogP contribution is 1.87. The summed E-state index contributed by atoms with van der Waals surface area (Å²) in [6, 6.07) is 0. The fraction of sp³-hybridized carbons (Fsp3) is 0.167. The van der Waals surface area contributed by atoms with Gasteiger partial charge in [-0.25, -0.2) is 4.79 Å². The first kappa shape index (κ1) is 9.97. The maximum absolute atomic E-state index is 10.7. The van der Waals surface area contributed by atoms with E-state index < -0.39 is 5.97 Å². The van der Waals surface area contributed by atoms with E-state index in [1.54, 1.807) is 0 Å². The van der Waals surface area contributed by atoms with Crippen molar-refractivity contribution in [2.24, 2.45) is 10.7 Å². The van der Waals surface area contributed by atoms with Crippen LogP contribution < -0.4 is 11.2 Å². The van der Waals surface area contributed by atoms with Crippen molar-refractivity contribution in [1.29, 1.82) is 5.26 Å². The maximum Gasteiger partial charge on any atom is 0.358 e. The fourth-order valence-corrected chi connectivity index (χ4v) is 0.262. The molecule has 12 heavy (non-hydrogen) atoms. The van der Waals surface area contributed by atoms with Gasteiger partial charge in [0.15, 0.2) is 0 Å². The Morgan fingerprint density at radius 1 is 1.83 bits per heavy atom. The fourth-order valence-electron chi connectivity index (χ4n) is 0.262. The first-order valence-electron chi connectivity index (χ1n) is 2.93. The van der Waals surface area contributed by atoms with Gasteiger partial charge >= 0.3 is 5.97 Å². The first-order valence-corrected chi connectivity index (χ1v) is 2.93. The minimum Gasteiger partial charge on any atom is -0.367 e. The van der Waals surface area contributed by atoms with Gasteiger partial charge in [-0.2, -0.15) is 10.7 Å². The van der Waals surface area contributed by atoms with Gasteiger partial charge in [0, 0.05) is 5.57 Å². The van der Waals surface area contributed by atoms with Gasteiger partial charge in [-0.3, -0.25) is 0 Å². The number of nitrogens with zero attached hydrogens (tertiary/aromatic N) is 2. The van der Waals surface area contributed by atoms with Crippen LogP contribution in [0.15, 0.2) is 17.1 Å². The smallest absolute Gasteiger partial charge is 0.358 e. The van der Waals surface area contributed by atoms with E-state index in [0.29, 0.717) is 0 Å². The summed E-state index contributed by atoms with van der Waals surface area (Å²) in [5.74, 6) is -0.946. The van der Waals surface area contributed by atoms with Crippen LogP contribution in [-0.2, 0) is 9.63 Å². The second-order valence-electron chi connectivity index (χ2n) is 1.87. The average Bonchev–Trinajstić information content (AvgIpc) is 2.00. The summed E-state index contributed by atoms with van der Waals surface area (Å²) in [5, 5.41) is 8.00. The van der Waals surface area contributed by atoms with Gasteiger partial charge in [0.2, 0.25) is 12.2 Å². The van der Waals surface area contributed by atoms with Crippen LogP contribution in [0.5, 0.6) is 0 Å². The lowest BCUT2D eigenvalue weighted by Crippen LogP contribution is -2.33. The molecule has 6 heteroatoms. The molecule has 0 aliphatic carbocycles. The Hall–Kier alpha value is -2.03. The van der Waals surface area contributed by atoms with Crippen LogP contribution in [0.2, 0.25) is 0 Å². The van der Waals surface area contributed by atoms with Crippen molar-refractivity contribution in [3.8, 4) is 6.19 Å². The molecule has 0 unspecified atom stereocenters. The second-order valence-corrected chi connectivity index (χ2v) is 1.87. The molecule has 0 amide bonds. The monoisotopic (exact) mass is 168 g/mol. The molecule has 64 valence electrons. The van der Waals surface area contributed by atoms with Crippen molar-refractivity contribution in [2.45, 2.75) is 6.92 Å². The van der Waals surface area contributed by atoms with Gasteiger partial charge in [0.25, 0.3) is 0 Å². The lowest BCUT2D eigenvalue weighted by Gasteiger charge is -2.02. The van der Waals surface area contributed by atoms with E-state index in [1.807, 2.05) is 5.48 Å². The van der Waals surface area contributed by atoms with Gasteiger partial charge in [0.1, 0.15) is 0 Å². The van der Waals surface area contributed by atoms with Crippen LogP contribution in [0, 0.1) is 11.5 Å². The molecule has 0 aliphatic rings. The standard InChI is InChI=1S/C6H8N4O2/c1-4(2)5(11)12-10-6(8)9-3-7/h1H2,2H3,(H3,8,9,10).